The van der Waals surface area contributed by atoms with Crippen LogP contribution in [0, 0.1) is 0 Å². The number of rotatable bonds is 5. The highest BCUT2D eigenvalue weighted by atomic mass is 16.5. The lowest BCUT2D eigenvalue weighted by Gasteiger charge is -2.38. The first-order valence-corrected chi connectivity index (χ1v) is 10.4. The fourth-order valence-corrected chi connectivity index (χ4v) is 4.56. The van der Waals surface area contributed by atoms with Crippen LogP contribution < -0.4 is 4.74 Å². The molecule has 7 nitrogen and oxygen atoms in total. The van der Waals surface area contributed by atoms with Gasteiger partial charge in [0.05, 0.1) is 24.4 Å². The molecule has 0 saturated carbocycles. The van der Waals surface area contributed by atoms with Gasteiger partial charge in [0, 0.05) is 61.2 Å². The summed E-state index contributed by atoms with van der Waals surface area (Å²) in [5.74, 6) is 2.05. The number of benzene rings is 1. The van der Waals surface area contributed by atoms with E-state index in [0.717, 1.165) is 42.2 Å². The lowest BCUT2D eigenvalue weighted by molar-refractivity contribution is 0.135. The standard InChI is InChI=1S/C24H22N6O/c1-31-24-19(6-4-8-26-24)22-21-12-28-23(30(21)10-9-25-22)17-14-29(15-17)13-16-11-27-20-7-3-2-5-18(16)20/h2-12,17,27H,13-15H2,1H3. The number of para-hydroxylation sites is 1. The smallest absolute Gasteiger partial charge is 0.222 e. The molecule has 0 spiro atoms. The van der Waals surface area contributed by atoms with Crippen LogP contribution >= 0.6 is 0 Å². The third kappa shape index (κ3) is 2.97. The van der Waals surface area contributed by atoms with E-state index in [0.29, 0.717) is 11.8 Å². The number of likely N-dealkylation sites (tertiary alicyclic amines) is 1. The van der Waals surface area contributed by atoms with Crippen LogP contribution in [-0.2, 0) is 6.54 Å². The average Bonchev–Trinajstić information content (AvgIpc) is 3.40. The Kier molecular flexibility index (Phi) is 4.21. The Hall–Kier alpha value is -3.71. The van der Waals surface area contributed by atoms with Gasteiger partial charge in [0.15, 0.2) is 0 Å². The van der Waals surface area contributed by atoms with E-state index >= 15 is 0 Å². The first-order chi connectivity index (χ1) is 15.3. The first-order valence-electron chi connectivity index (χ1n) is 10.4. The number of H-pyrrole nitrogens is 1. The van der Waals surface area contributed by atoms with Gasteiger partial charge in [-0.05, 0) is 23.8 Å². The van der Waals surface area contributed by atoms with E-state index < -0.39 is 0 Å². The molecular formula is C24H22N6O. The van der Waals surface area contributed by atoms with Crippen molar-refractivity contribution in [2.24, 2.45) is 0 Å². The van der Waals surface area contributed by atoms with E-state index in [1.54, 1.807) is 13.3 Å². The molecule has 1 saturated heterocycles. The third-order valence-corrected chi connectivity index (χ3v) is 6.10. The molecule has 0 atom stereocenters. The summed E-state index contributed by atoms with van der Waals surface area (Å²) in [5, 5.41) is 1.30. The quantitative estimate of drug-likeness (QED) is 0.476. The van der Waals surface area contributed by atoms with Gasteiger partial charge in [-0.2, -0.15) is 0 Å². The molecule has 5 aromatic rings. The molecule has 0 bridgehead atoms. The molecule has 1 N–H and O–H groups in total. The fourth-order valence-electron chi connectivity index (χ4n) is 4.56. The van der Waals surface area contributed by atoms with Crippen molar-refractivity contribution in [1.29, 1.82) is 0 Å². The topological polar surface area (TPSA) is 71.3 Å². The Morgan fingerprint density at radius 3 is 2.87 bits per heavy atom. The number of nitrogens with one attached hydrogen (secondary N) is 1. The van der Waals surface area contributed by atoms with Crippen molar-refractivity contribution in [1.82, 2.24) is 29.2 Å². The second-order valence-corrected chi connectivity index (χ2v) is 7.96. The van der Waals surface area contributed by atoms with Gasteiger partial charge in [0.2, 0.25) is 5.88 Å². The minimum atomic E-state index is 0.402. The van der Waals surface area contributed by atoms with Gasteiger partial charge in [-0.3, -0.25) is 14.3 Å². The summed E-state index contributed by atoms with van der Waals surface area (Å²) in [4.78, 5) is 19.5. The van der Waals surface area contributed by atoms with E-state index in [2.05, 4.69) is 54.7 Å². The highest BCUT2D eigenvalue weighted by molar-refractivity contribution is 5.83. The van der Waals surface area contributed by atoms with Crippen molar-refractivity contribution in [2.45, 2.75) is 12.5 Å². The molecule has 5 heterocycles. The predicted molar refractivity (Wildman–Crippen MR) is 119 cm³/mol. The number of aromatic nitrogens is 5. The van der Waals surface area contributed by atoms with Crippen molar-refractivity contribution >= 4 is 16.4 Å². The Labute approximate surface area is 179 Å². The van der Waals surface area contributed by atoms with Gasteiger partial charge in [-0.1, -0.05) is 18.2 Å². The summed E-state index contributed by atoms with van der Waals surface area (Å²) >= 11 is 0. The zero-order chi connectivity index (χ0) is 20.8. The van der Waals surface area contributed by atoms with Crippen LogP contribution in [0.2, 0.25) is 0 Å². The maximum Gasteiger partial charge on any atom is 0.222 e. The number of aromatic amines is 1. The third-order valence-electron chi connectivity index (χ3n) is 6.10. The summed E-state index contributed by atoms with van der Waals surface area (Å²) in [5.41, 5.74) is 5.22. The summed E-state index contributed by atoms with van der Waals surface area (Å²) < 4.78 is 7.59. The van der Waals surface area contributed by atoms with Crippen molar-refractivity contribution in [2.75, 3.05) is 20.2 Å². The Balaban J connectivity index is 1.25. The molecule has 31 heavy (non-hydrogen) atoms. The Bertz CT molecular complexity index is 1380. The monoisotopic (exact) mass is 410 g/mol. The lowest BCUT2D eigenvalue weighted by atomic mass is 9.98. The van der Waals surface area contributed by atoms with Crippen LogP contribution in [0.4, 0.5) is 0 Å². The molecule has 0 unspecified atom stereocenters. The van der Waals surface area contributed by atoms with Gasteiger partial charge >= 0.3 is 0 Å². The number of ether oxygens (including phenoxy) is 1. The maximum atomic E-state index is 5.44. The molecule has 6 rings (SSSR count). The number of hydrogen-bond acceptors (Lipinski definition) is 5. The van der Waals surface area contributed by atoms with Crippen LogP contribution in [0.25, 0.3) is 27.7 Å². The first kappa shape index (κ1) is 18.1. The summed E-state index contributed by atoms with van der Waals surface area (Å²) in [6, 6.07) is 12.3. The number of imidazole rings is 1. The number of fused-ring (bicyclic) bond motifs is 2. The molecule has 0 amide bonds. The second-order valence-electron chi connectivity index (χ2n) is 7.96. The van der Waals surface area contributed by atoms with E-state index in [1.165, 1.54) is 16.5 Å². The largest absolute Gasteiger partial charge is 0.481 e. The summed E-state index contributed by atoms with van der Waals surface area (Å²) in [7, 11) is 1.63. The molecule has 1 aliphatic rings. The van der Waals surface area contributed by atoms with Crippen LogP contribution in [-0.4, -0.2) is 49.4 Å². The molecule has 7 heteroatoms. The molecule has 154 valence electrons. The zero-order valence-electron chi connectivity index (χ0n) is 17.2. The minimum Gasteiger partial charge on any atom is -0.481 e. The molecule has 4 aromatic heterocycles. The van der Waals surface area contributed by atoms with E-state index in [-0.39, 0.29) is 0 Å². The normalized spacial score (nSPS) is 14.9. The van der Waals surface area contributed by atoms with Gasteiger partial charge in [-0.15, -0.1) is 0 Å². The van der Waals surface area contributed by atoms with Gasteiger partial charge in [0.1, 0.15) is 11.5 Å². The Morgan fingerprint density at radius 1 is 1.06 bits per heavy atom. The SMILES string of the molecule is COc1ncccc1-c1nccn2c(C3CN(Cc4c[nH]c5ccccc45)C3)ncc12. The van der Waals surface area contributed by atoms with Gasteiger partial charge in [0.25, 0.3) is 0 Å². The van der Waals surface area contributed by atoms with Gasteiger partial charge < -0.3 is 9.72 Å². The number of methoxy groups -OCH3 is 1. The van der Waals surface area contributed by atoms with E-state index in [9.17, 15) is 0 Å². The number of nitrogens with zero attached hydrogens (tertiary/aromatic N) is 5. The average molecular weight is 410 g/mol. The zero-order valence-corrected chi connectivity index (χ0v) is 17.2. The van der Waals surface area contributed by atoms with Crippen LogP contribution in [0.15, 0.2) is 67.4 Å². The van der Waals surface area contributed by atoms with Crippen molar-refractivity contribution in [3.63, 3.8) is 0 Å². The summed E-state index contributed by atoms with van der Waals surface area (Å²) in [6.07, 6.45) is 9.57. The minimum absolute atomic E-state index is 0.402. The van der Waals surface area contributed by atoms with Crippen LogP contribution in [0.1, 0.15) is 17.3 Å². The van der Waals surface area contributed by atoms with Crippen LogP contribution in [0.3, 0.4) is 0 Å². The highest BCUT2D eigenvalue weighted by Gasteiger charge is 2.32. The van der Waals surface area contributed by atoms with E-state index in [4.69, 9.17) is 9.72 Å². The van der Waals surface area contributed by atoms with Gasteiger partial charge in [-0.25, -0.2) is 9.97 Å². The maximum absolute atomic E-state index is 5.44. The number of hydrogen-bond donors (Lipinski definition) is 1. The number of pyridine rings is 1. The van der Waals surface area contributed by atoms with E-state index in [1.807, 2.05) is 30.7 Å². The molecule has 0 radical (unpaired) electrons. The molecule has 0 aliphatic carbocycles. The molecule has 1 aliphatic heterocycles. The Morgan fingerprint density at radius 2 is 1.97 bits per heavy atom. The molecular weight excluding hydrogens is 388 g/mol. The molecule has 1 aromatic carbocycles. The highest BCUT2D eigenvalue weighted by Crippen LogP contribution is 2.33. The second kappa shape index (κ2) is 7.21. The lowest BCUT2D eigenvalue weighted by Crippen LogP contribution is -2.44. The predicted octanol–water partition coefficient (Wildman–Crippen LogP) is 3.88. The van der Waals surface area contributed by atoms with Crippen molar-refractivity contribution < 1.29 is 4.74 Å². The summed E-state index contributed by atoms with van der Waals surface area (Å²) in [6.45, 7) is 2.93. The molecule has 1 fully saturated rings. The van der Waals surface area contributed by atoms with Crippen molar-refractivity contribution in [3.8, 4) is 17.1 Å². The van der Waals surface area contributed by atoms with Crippen LogP contribution in [0.5, 0.6) is 5.88 Å². The van der Waals surface area contributed by atoms with Crippen molar-refractivity contribution in [3.05, 3.63) is 78.8 Å². The fraction of sp³-hybridized carbons (Fsp3) is 0.208.